The second kappa shape index (κ2) is 1.79. The van der Waals surface area contributed by atoms with Crippen molar-refractivity contribution in [3.05, 3.63) is 0 Å². The van der Waals surface area contributed by atoms with Gasteiger partial charge in [-0.2, -0.15) is 0 Å². The lowest BCUT2D eigenvalue weighted by Crippen LogP contribution is -2.34. The van der Waals surface area contributed by atoms with Crippen LogP contribution in [0.15, 0.2) is 0 Å². The summed E-state index contributed by atoms with van der Waals surface area (Å²) in [6.45, 7) is 4.25. The van der Waals surface area contributed by atoms with Crippen LogP contribution < -0.4 is 0 Å². The molecule has 2 nitrogen and oxygen atoms in total. The third-order valence-electron chi connectivity index (χ3n) is 3.53. The van der Waals surface area contributed by atoms with Gasteiger partial charge in [-0.05, 0) is 26.2 Å². The maximum atomic E-state index is 11.0. The van der Waals surface area contributed by atoms with E-state index in [1.807, 2.05) is 0 Å². The van der Waals surface area contributed by atoms with Gasteiger partial charge in [0.25, 0.3) is 0 Å². The summed E-state index contributed by atoms with van der Waals surface area (Å²) in [5.74, 6) is -0.00491. The van der Waals surface area contributed by atoms with E-state index in [0.717, 1.165) is 12.8 Å². The van der Waals surface area contributed by atoms with Gasteiger partial charge < -0.3 is 4.74 Å². The van der Waals surface area contributed by atoms with E-state index in [2.05, 4.69) is 13.8 Å². The molecule has 1 saturated carbocycles. The molecule has 2 heteroatoms. The topological polar surface area (TPSA) is 26.3 Å². The summed E-state index contributed by atoms with van der Waals surface area (Å²) in [6, 6.07) is 0. The number of esters is 1. The van der Waals surface area contributed by atoms with Gasteiger partial charge in [-0.3, -0.25) is 4.79 Å². The van der Waals surface area contributed by atoms with Crippen molar-refractivity contribution in [3.8, 4) is 0 Å². The maximum Gasteiger partial charge on any atom is 0.307 e. The molecule has 0 N–H and O–H groups in total. The van der Waals surface area contributed by atoms with Crippen molar-refractivity contribution in [2.45, 2.75) is 45.1 Å². The molecule has 0 aromatic rings. The fraction of sp³-hybridized carbons (Fsp3) is 0.889. The van der Waals surface area contributed by atoms with Gasteiger partial charge in [-0.25, -0.2) is 0 Å². The molecular formula is C9H14O2. The molecule has 0 spiro atoms. The third kappa shape index (κ3) is 0.754. The summed E-state index contributed by atoms with van der Waals surface area (Å²) in [4.78, 5) is 11.0. The maximum absolute atomic E-state index is 11.0. The lowest BCUT2D eigenvalue weighted by atomic mass is 9.77. The molecule has 0 bridgehead atoms. The molecule has 0 aromatic carbocycles. The highest BCUT2D eigenvalue weighted by Gasteiger charge is 2.57. The first-order valence-electron chi connectivity index (χ1n) is 4.28. The van der Waals surface area contributed by atoms with Gasteiger partial charge in [0.1, 0.15) is 5.60 Å². The SMILES string of the molecule is C[C@@]12CCC[C@]1(C)OC(=O)C2. The van der Waals surface area contributed by atoms with E-state index in [-0.39, 0.29) is 17.0 Å². The molecule has 0 radical (unpaired) electrons. The van der Waals surface area contributed by atoms with Crippen LogP contribution in [0, 0.1) is 5.41 Å². The second-order valence-electron chi connectivity index (χ2n) is 4.30. The Balaban J connectivity index is 2.35. The number of ether oxygens (including phenoxy) is 1. The van der Waals surface area contributed by atoms with E-state index in [1.54, 1.807) is 0 Å². The van der Waals surface area contributed by atoms with Crippen molar-refractivity contribution in [1.82, 2.24) is 0 Å². The Morgan fingerprint density at radius 3 is 2.73 bits per heavy atom. The minimum absolute atomic E-state index is 0.00491. The second-order valence-corrected chi connectivity index (χ2v) is 4.30. The molecule has 1 heterocycles. The van der Waals surface area contributed by atoms with E-state index < -0.39 is 0 Å². The standard InChI is InChI=1S/C9H14O2/c1-8-4-3-5-9(8,2)11-7(10)6-8/h3-6H2,1-2H3/t8-,9-/m0/s1. The Kier molecular flexibility index (Phi) is 1.16. The highest BCUT2D eigenvalue weighted by molar-refractivity contribution is 5.74. The Bertz CT molecular complexity index is 192. The molecule has 1 aliphatic heterocycles. The fourth-order valence-electron chi connectivity index (χ4n) is 2.44. The van der Waals surface area contributed by atoms with Crippen molar-refractivity contribution in [2.75, 3.05) is 0 Å². The first-order chi connectivity index (χ1) is 5.06. The van der Waals surface area contributed by atoms with Crippen LogP contribution in [0.2, 0.25) is 0 Å². The summed E-state index contributed by atoms with van der Waals surface area (Å²) < 4.78 is 5.34. The molecule has 0 amide bonds. The highest BCUT2D eigenvalue weighted by atomic mass is 16.6. The molecule has 1 saturated heterocycles. The largest absolute Gasteiger partial charge is 0.459 e. The number of hydrogen-bond acceptors (Lipinski definition) is 2. The third-order valence-corrected chi connectivity index (χ3v) is 3.53. The van der Waals surface area contributed by atoms with Gasteiger partial charge in [0.05, 0.1) is 6.42 Å². The van der Waals surface area contributed by atoms with Gasteiger partial charge in [0, 0.05) is 5.41 Å². The Labute approximate surface area is 66.9 Å². The summed E-state index contributed by atoms with van der Waals surface area (Å²) in [5.41, 5.74) is 0.00810. The smallest absolute Gasteiger partial charge is 0.307 e. The lowest BCUT2D eigenvalue weighted by molar-refractivity contribution is -0.148. The Hall–Kier alpha value is -0.530. The number of hydrogen-bond donors (Lipinski definition) is 0. The summed E-state index contributed by atoms with van der Waals surface area (Å²) in [5, 5.41) is 0. The monoisotopic (exact) mass is 154 g/mol. The van der Waals surface area contributed by atoms with E-state index in [1.165, 1.54) is 6.42 Å². The van der Waals surface area contributed by atoms with E-state index in [9.17, 15) is 4.79 Å². The summed E-state index contributed by atoms with van der Waals surface area (Å²) in [7, 11) is 0. The molecule has 2 fully saturated rings. The van der Waals surface area contributed by atoms with Crippen molar-refractivity contribution in [1.29, 1.82) is 0 Å². The highest BCUT2D eigenvalue weighted by Crippen LogP contribution is 2.54. The van der Waals surface area contributed by atoms with Crippen molar-refractivity contribution in [3.63, 3.8) is 0 Å². The zero-order valence-corrected chi connectivity index (χ0v) is 7.14. The summed E-state index contributed by atoms with van der Waals surface area (Å²) in [6.07, 6.45) is 4.04. The zero-order chi connectivity index (χ0) is 8.11. The number of carbonyl (C=O) groups excluding carboxylic acids is 1. The zero-order valence-electron chi connectivity index (χ0n) is 7.14. The van der Waals surface area contributed by atoms with Crippen LogP contribution in [0.25, 0.3) is 0 Å². The van der Waals surface area contributed by atoms with Crippen LogP contribution in [0.3, 0.4) is 0 Å². The lowest BCUT2D eigenvalue weighted by Gasteiger charge is -2.30. The van der Waals surface area contributed by atoms with E-state index in [0.29, 0.717) is 6.42 Å². The van der Waals surface area contributed by atoms with Crippen LogP contribution in [0.4, 0.5) is 0 Å². The van der Waals surface area contributed by atoms with Crippen LogP contribution in [0.1, 0.15) is 39.5 Å². The molecule has 2 atom stereocenters. The first kappa shape index (κ1) is 7.14. The number of carbonyl (C=O) groups is 1. The van der Waals surface area contributed by atoms with Crippen LogP contribution >= 0.6 is 0 Å². The van der Waals surface area contributed by atoms with Crippen molar-refractivity contribution >= 4 is 5.97 Å². The molecule has 11 heavy (non-hydrogen) atoms. The molecule has 0 unspecified atom stereocenters. The predicted molar refractivity (Wildman–Crippen MR) is 41.1 cm³/mol. The van der Waals surface area contributed by atoms with Crippen LogP contribution in [-0.4, -0.2) is 11.6 Å². The summed E-state index contributed by atoms with van der Waals surface area (Å²) >= 11 is 0. The predicted octanol–water partition coefficient (Wildman–Crippen LogP) is 1.88. The van der Waals surface area contributed by atoms with Gasteiger partial charge in [0.2, 0.25) is 0 Å². The molecule has 0 aromatic heterocycles. The quantitative estimate of drug-likeness (QED) is 0.498. The number of fused-ring (bicyclic) bond motifs is 1. The molecule has 2 aliphatic rings. The average molecular weight is 154 g/mol. The van der Waals surface area contributed by atoms with Crippen LogP contribution in [-0.2, 0) is 9.53 Å². The first-order valence-corrected chi connectivity index (χ1v) is 4.28. The minimum Gasteiger partial charge on any atom is -0.459 e. The molecule has 62 valence electrons. The van der Waals surface area contributed by atoms with Crippen LogP contribution in [0.5, 0.6) is 0 Å². The molecule has 2 rings (SSSR count). The Morgan fingerprint density at radius 2 is 2.09 bits per heavy atom. The minimum atomic E-state index is -0.135. The van der Waals surface area contributed by atoms with Crippen molar-refractivity contribution < 1.29 is 9.53 Å². The number of rotatable bonds is 0. The fourth-order valence-corrected chi connectivity index (χ4v) is 2.44. The van der Waals surface area contributed by atoms with E-state index in [4.69, 9.17) is 4.74 Å². The van der Waals surface area contributed by atoms with Gasteiger partial charge in [-0.15, -0.1) is 0 Å². The van der Waals surface area contributed by atoms with Gasteiger partial charge in [-0.1, -0.05) is 6.92 Å². The van der Waals surface area contributed by atoms with Crippen molar-refractivity contribution in [2.24, 2.45) is 5.41 Å². The average Bonchev–Trinajstić information content (AvgIpc) is 2.16. The van der Waals surface area contributed by atoms with Gasteiger partial charge in [0.15, 0.2) is 0 Å². The van der Waals surface area contributed by atoms with E-state index >= 15 is 0 Å². The normalized spacial score (nSPS) is 49.1. The Morgan fingerprint density at radius 1 is 1.36 bits per heavy atom. The molecular weight excluding hydrogens is 140 g/mol. The molecule has 1 aliphatic carbocycles. The van der Waals surface area contributed by atoms with Gasteiger partial charge >= 0.3 is 5.97 Å².